The molecule has 0 aromatic carbocycles. The lowest BCUT2D eigenvalue weighted by Crippen LogP contribution is -2.30. The molecule has 1 aromatic rings. The van der Waals surface area contributed by atoms with Crippen molar-refractivity contribution in [2.24, 2.45) is 10.9 Å². The summed E-state index contributed by atoms with van der Waals surface area (Å²) in [4.78, 5) is 6.43. The molecule has 0 radical (unpaired) electrons. The third-order valence-electron chi connectivity index (χ3n) is 3.14. The molecule has 1 aromatic heterocycles. The first-order valence-electron chi connectivity index (χ1n) is 6.46. The first kappa shape index (κ1) is 13.8. The minimum Gasteiger partial charge on any atom is -0.409 e. The molecule has 1 fully saturated rings. The zero-order chi connectivity index (χ0) is 13.7. The number of hydrogen-bond acceptors (Lipinski definition) is 5. The van der Waals surface area contributed by atoms with Crippen molar-refractivity contribution in [3.8, 4) is 0 Å². The molecule has 6 heteroatoms. The summed E-state index contributed by atoms with van der Waals surface area (Å²) in [5.41, 5.74) is 7.15. The van der Waals surface area contributed by atoms with Crippen LogP contribution in [0.4, 0.5) is 0 Å². The lowest BCUT2D eigenvalue weighted by molar-refractivity contribution is 0.0668. The van der Waals surface area contributed by atoms with Gasteiger partial charge in [0.1, 0.15) is 5.69 Å². The molecule has 0 amide bonds. The summed E-state index contributed by atoms with van der Waals surface area (Å²) in [6, 6.07) is 3.80. The molecule has 2 heterocycles. The van der Waals surface area contributed by atoms with Gasteiger partial charge in [0.15, 0.2) is 5.84 Å². The van der Waals surface area contributed by atoms with Crippen LogP contribution < -0.4 is 5.73 Å². The van der Waals surface area contributed by atoms with Crippen molar-refractivity contribution >= 4 is 5.84 Å². The zero-order valence-corrected chi connectivity index (χ0v) is 11.1. The molecule has 104 valence electrons. The molecule has 0 bridgehead atoms. The fourth-order valence-corrected chi connectivity index (χ4v) is 2.25. The summed E-state index contributed by atoms with van der Waals surface area (Å²) in [7, 11) is 0. The van der Waals surface area contributed by atoms with E-state index in [0.29, 0.717) is 5.69 Å². The maximum absolute atomic E-state index is 8.67. The Balaban J connectivity index is 2.05. The lowest BCUT2D eigenvalue weighted by Gasteiger charge is -2.21. The molecular formula is C13H20N4O2. The van der Waals surface area contributed by atoms with E-state index < -0.39 is 0 Å². The number of oxime groups is 1. The van der Waals surface area contributed by atoms with E-state index >= 15 is 0 Å². The highest BCUT2D eigenvalue weighted by atomic mass is 16.5. The van der Waals surface area contributed by atoms with Gasteiger partial charge in [-0.15, -0.1) is 0 Å². The minimum absolute atomic E-state index is 0.0365. The highest BCUT2D eigenvalue weighted by Gasteiger charge is 2.15. The van der Waals surface area contributed by atoms with Gasteiger partial charge in [-0.2, -0.15) is 0 Å². The van der Waals surface area contributed by atoms with Gasteiger partial charge in [0.05, 0.1) is 6.10 Å². The van der Waals surface area contributed by atoms with Crippen LogP contribution in [-0.2, 0) is 11.3 Å². The highest BCUT2D eigenvalue weighted by molar-refractivity contribution is 5.95. The van der Waals surface area contributed by atoms with E-state index in [1.54, 1.807) is 6.20 Å². The number of ether oxygens (including phenoxy) is 1. The van der Waals surface area contributed by atoms with E-state index in [-0.39, 0.29) is 11.9 Å². The average molecular weight is 264 g/mol. The SMILES string of the molecule is CC1CN(Cc2ccnc(C(N)=NO)c2)CCCO1. The summed E-state index contributed by atoms with van der Waals surface area (Å²) in [5.74, 6) is 0.0365. The maximum atomic E-state index is 8.67. The normalized spacial score (nSPS) is 22.2. The molecule has 0 spiro atoms. The predicted octanol–water partition coefficient (Wildman–Crippen LogP) is 0.787. The molecule has 1 saturated heterocycles. The number of hydrogen-bond donors (Lipinski definition) is 2. The monoisotopic (exact) mass is 264 g/mol. The Morgan fingerprint density at radius 1 is 1.68 bits per heavy atom. The van der Waals surface area contributed by atoms with E-state index in [9.17, 15) is 0 Å². The van der Waals surface area contributed by atoms with Gasteiger partial charge in [-0.05, 0) is 31.0 Å². The van der Waals surface area contributed by atoms with Crippen LogP contribution in [0.15, 0.2) is 23.5 Å². The second kappa shape index (κ2) is 6.49. The second-order valence-corrected chi connectivity index (χ2v) is 4.80. The van der Waals surface area contributed by atoms with Gasteiger partial charge in [0.25, 0.3) is 0 Å². The smallest absolute Gasteiger partial charge is 0.188 e. The number of aromatic nitrogens is 1. The van der Waals surface area contributed by atoms with E-state index in [1.807, 2.05) is 12.1 Å². The Hall–Kier alpha value is -1.66. The van der Waals surface area contributed by atoms with Crippen molar-refractivity contribution in [1.29, 1.82) is 0 Å². The standard InChI is InChI=1S/C13H20N4O2/c1-10-8-17(5-2-6-19-10)9-11-3-4-15-12(7-11)13(14)16-18/h3-4,7,10,18H,2,5-6,8-9H2,1H3,(H2,14,16). The number of nitrogens with two attached hydrogens (primary N) is 1. The lowest BCUT2D eigenvalue weighted by atomic mass is 10.2. The average Bonchev–Trinajstić information content (AvgIpc) is 2.62. The topological polar surface area (TPSA) is 84.0 Å². The minimum atomic E-state index is 0.0365. The highest BCUT2D eigenvalue weighted by Crippen LogP contribution is 2.11. The quantitative estimate of drug-likeness (QED) is 0.365. The van der Waals surface area contributed by atoms with Crippen molar-refractivity contribution in [2.75, 3.05) is 19.7 Å². The fraction of sp³-hybridized carbons (Fsp3) is 0.538. The van der Waals surface area contributed by atoms with Gasteiger partial charge in [-0.3, -0.25) is 9.88 Å². The number of amidine groups is 1. The van der Waals surface area contributed by atoms with Crippen molar-refractivity contribution in [3.05, 3.63) is 29.6 Å². The van der Waals surface area contributed by atoms with Crippen molar-refractivity contribution in [2.45, 2.75) is 26.0 Å². The molecule has 3 N–H and O–H groups in total. The molecule has 0 saturated carbocycles. The van der Waals surface area contributed by atoms with Crippen molar-refractivity contribution < 1.29 is 9.94 Å². The molecule has 0 aliphatic carbocycles. The van der Waals surface area contributed by atoms with Crippen LogP contribution in [0.5, 0.6) is 0 Å². The number of rotatable bonds is 3. The van der Waals surface area contributed by atoms with E-state index in [2.05, 4.69) is 22.0 Å². The third-order valence-corrected chi connectivity index (χ3v) is 3.14. The van der Waals surface area contributed by atoms with Crippen LogP contribution in [0.3, 0.4) is 0 Å². The molecule has 6 nitrogen and oxygen atoms in total. The molecule has 2 rings (SSSR count). The summed E-state index contributed by atoms with van der Waals surface area (Å²) in [6.45, 7) is 5.67. The van der Waals surface area contributed by atoms with Crippen LogP contribution in [0, 0.1) is 0 Å². The summed E-state index contributed by atoms with van der Waals surface area (Å²) >= 11 is 0. The molecule has 1 aliphatic heterocycles. The van der Waals surface area contributed by atoms with Crippen LogP contribution in [0.2, 0.25) is 0 Å². The first-order valence-corrected chi connectivity index (χ1v) is 6.46. The van der Waals surface area contributed by atoms with Gasteiger partial charge < -0.3 is 15.7 Å². The predicted molar refractivity (Wildman–Crippen MR) is 72.1 cm³/mol. The van der Waals surface area contributed by atoms with Gasteiger partial charge in [-0.1, -0.05) is 5.16 Å². The van der Waals surface area contributed by atoms with Crippen LogP contribution in [0.1, 0.15) is 24.6 Å². The molecule has 19 heavy (non-hydrogen) atoms. The Morgan fingerprint density at radius 3 is 3.32 bits per heavy atom. The largest absolute Gasteiger partial charge is 0.409 e. The van der Waals surface area contributed by atoms with Gasteiger partial charge >= 0.3 is 0 Å². The second-order valence-electron chi connectivity index (χ2n) is 4.80. The molecule has 1 aliphatic rings. The maximum Gasteiger partial charge on any atom is 0.188 e. The van der Waals surface area contributed by atoms with Gasteiger partial charge in [0.2, 0.25) is 0 Å². The molecule has 1 unspecified atom stereocenters. The van der Waals surface area contributed by atoms with Crippen LogP contribution in [0.25, 0.3) is 0 Å². The molecule has 1 atom stereocenters. The Morgan fingerprint density at radius 2 is 2.53 bits per heavy atom. The number of nitrogens with zero attached hydrogens (tertiary/aromatic N) is 3. The van der Waals surface area contributed by atoms with Gasteiger partial charge in [0, 0.05) is 32.4 Å². The summed E-state index contributed by atoms with van der Waals surface area (Å²) < 4.78 is 5.62. The Labute approximate surface area is 112 Å². The summed E-state index contributed by atoms with van der Waals surface area (Å²) in [6.07, 6.45) is 2.98. The Kier molecular flexibility index (Phi) is 4.70. The third kappa shape index (κ3) is 3.90. The van der Waals surface area contributed by atoms with E-state index in [0.717, 1.165) is 38.2 Å². The van der Waals surface area contributed by atoms with Crippen molar-refractivity contribution in [1.82, 2.24) is 9.88 Å². The van der Waals surface area contributed by atoms with E-state index in [4.69, 9.17) is 15.7 Å². The van der Waals surface area contributed by atoms with Crippen LogP contribution >= 0.6 is 0 Å². The first-order chi connectivity index (χ1) is 9.19. The van der Waals surface area contributed by atoms with Crippen LogP contribution in [-0.4, -0.2) is 46.7 Å². The zero-order valence-electron chi connectivity index (χ0n) is 11.1. The van der Waals surface area contributed by atoms with E-state index in [1.165, 1.54) is 0 Å². The summed E-state index contributed by atoms with van der Waals surface area (Å²) in [5, 5.41) is 11.6. The molecular weight excluding hydrogens is 244 g/mol. The fourth-order valence-electron chi connectivity index (χ4n) is 2.25. The van der Waals surface area contributed by atoms with Crippen molar-refractivity contribution in [3.63, 3.8) is 0 Å². The number of pyridine rings is 1. The Bertz CT molecular complexity index is 450. The van der Waals surface area contributed by atoms with Gasteiger partial charge in [-0.25, -0.2) is 0 Å².